The van der Waals surface area contributed by atoms with Crippen molar-refractivity contribution in [1.29, 1.82) is 0 Å². The van der Waals surface area contributed by atoms with Crippen LogP contribution in [0.25, 0.3) is 0 Å². The lowest BCUT2D eigenvalue weighted by molar-refractivity contribution is 0.0775. The summed E-state index contributed by atoms with van der Waals surface area (Å²) in [6, 6.07) is 3.48. The fourth-order valence-electron chi connectivity index (χ4n) is 2.54. The lowest BCUT2D eigenvalue weighted by Gasteiger charge is -2.25. The SMILES string of the molecule is CN(CCC1CCNCC1)C(=O)c1c(F)cccc1F. The number of amides is 1. The van der Waals surface area contributed by atoms with E-state index < -0.39 is 23.1 Å². The highest BCUT2D eigenvalue weighted by Gasteiger charge is 2.21. The van der Waals surface area contributed by atoms with E-state index in [9.17, 15) is 13.6 Å². The molecule has 0 atom stereocenters. The van der Waals surface area contributed by atoms with Crippen molar-refractivity contribution < 1.29 is 13.6 Å². The third-order valence-corrected chi connectivity index (χ3v) is 3.85. The Balaban J connectivity index is 1.94. The summed E-state index contributed by atoms with van der Waals surface area (Å²) in [7, 11) is 1.59. The Morgan fingerprint density at radius 2 is 1.90 bits per heavy atom. The first-order valence-corrected chi connectivity index (χ1v) is 7.00. The Morgan fingerprint density at radius 1 is 1.30 bits per heavy atom. The molecule has 110 valence electrons. The van der Waals surface area contributed by atoms with Gasteiger partial charge in [-0.25, -0.2) is 8.78 Å². The number of piperidine rings is 1. The van der Waals surface area contributed by atoms with E-state index in [1.165, 1.54) is 11.0 Å². The second-order valence-electron chi connectivity index (χ2n) is 5.31. The fourth-order valence-corrected chi connectivity index (χ4v) is 2.54. The zero-order valence-electron chi connectivity index (χ0n) is 11.7. The molecule has 1 aromatic carbocycles. The molecule has 1 saturated heterocycles. The number of halogens is 2. The number of rotatable bonds is 4. The van der Waals surface area contributed by atoms with E-state index in [4.69, 9.17) is 0 Å². The first-order valence-electron chi connectivity index (χ1n) is 7.00. The number of carbonyl (C=O) groups is 1. The van der Waals surface area contributed by atoms with Crippen LogP contribution in [0.2, 0.25) is 0 Å². The van der Waals surface area contributed by atoms with Crippen LogP contribution in [-0.4, -0.2) is 37.5 Å². The molecule has 0 spiro atoms. The molecule has 2 rings (SSSR count). The minimum absolute atomic E-state index is 0.458. The topological polar surface area (TPSA) is 32.3 Å². The predicted molar refractivity (Wildman–Crippen MR) is 73.5 cm³/mol. The van der Waals surface area contributed by atoms with Gasteiger partial charge in [0.05, 0.1) is 0 Å². The smallest absolute Gasteiger partial charge is 0.259 e. The van der Waals surface area contributed by atoms with Crippen LogP contribution in [0, 0.1) is 17.6 Å². The molecule has 5 heteroatoms. The summed E-state index contributed by atoms with van der Waals surface area (Å²) in [4.78, 5) is 13.5. The number of nitrogens with one attached hydrogen (secondary N) is 1. The molecule has 1 N–H and O–H groups in total. The molecule has 1 heterocycles. The van der Waals surface area contributed by atoms with Crippen molar-refractivity contribution in [2.75, 3.05) is 26.7 Å². The van der Waals surface area contributed by atoms with Crippen LogP contribution >= 0.6 is 0 Å². The van der Waals surface area contributed by atoms with E-state index in [2.05, 4.69) is 5.32 Å². The zero-order chi connectivity index (χ0) is 14.5. The van der Waals surface area contributed by atoms with Crippen LogP contribution in [0.5, 0.6) is 0 Å². The molecule has 3 nitrogen and oxygen atoms in total. The van der Waals surface area contributed by atoms with E-state index in [1.807, 2.05) is 0 Å². The molecular formula is C15H20F2N2O. The van der Waals surface area contributed by atoms with Crippen LogP contribution in [0.4, 0.5) is 8.78 Å². The number of hydrogen-bond acceptors (Lipinski definition) is 2. The number of nitrogens with zero attached hydrogens (tertiary/aromatic N) is 1. The maximum absolute atomic E-state index is 13.6. The van der Waals surface area contributed by atoms with Crippen molar-refractivity contribution in [3.63, 3.8) is 0 Å². The second kappa shape index (κ2) is 6.79. The van der Waals surface area contributed by atoms with Gasteiger partial charge in [0.2, 0.25) is 0 Å². The van der Waals surface area contributed by atoms with Crippen molar-refractivity contribution in [2.45, 2.75) is 19.3 Å². The van der Waals surface area contributed by atoms with Crippen molar-refractivity contribution in [1.82, 2.24) is 10.2 Å². The first kappa shape index (κ1) is 14.9. The lowest BCUT2D eigenvalue weighted by Crippen LogP contribution is -2.33. The summed E-state index contributed by atoms with van der Waals surface area (Å²) < 4.78 is 27.1. The number of hydrogen-bond donors (Lipinski definition) is 1. The average molecular weight is 282 g/mol. The number of carbonyl (C=O) groups excluding carboxylic acids is 1. The second-order valence-corrected chi connectivity index (χ2v) is 5.31. The summed E-state index contributed by atoms with van der Waals surface area (Å²) >= 11 is 0. The quantitative estimate of drug-likeness (QED) is 0.920. The molecular weight excluding hydrogens is 262 g/mol. The van der Waals surface area contributed by atoms with Gasteiger partial charge in [0, 0.05) is 13.6 Å². The van der Waals surface area contributed by atoms with Gasteiger partial charge in [-0.1, -0.05) is 6.07 Å². The van der Waals surface area contributed by atoms with E-state index in [0.29, 0.717) is 12.5 Å². The van der Waals surface area contributed by atoms with Gasteiger partial charge in [-0.2, -0.15) is 0 Å². The normalized spacial score (nSPS) is 16.1. The molecule has 0 unspecified atom stereocenters. The van der Waals surface area contributed by atoms with E-state index in [-0.39, 0.29) is 0 Å². The van der Waals surface area contributed by atoms with Gasteiger partial charge in [-0.3, -0.25) is 4.79 Å². The molecule has 0 radical (unpaired) electrons. The Morgan fingerprint density at radius 3 is 2.50 bits per heavy atom. The van der Waals surface area contributed by atoms with Crippen molar-refractivity contribution >= 4 is 5.91 Å². The monoisotopic (exact) mass is 282 g/mol. The van der Waals surface area contributed by atoms with Gasteiger partial charge in [0.25, 0.3) is 5.91 Å². The van der Waals surface area contributed by atoms with Crippen LogP contribution in [0.15, 0.2) is 18.2 Å². The Labute approximate surface area is 118 Å². The van der Waals surface area contributed by atoms with E-state index in [1.54, 1.807) is 7.05 Å². The highest BCUT2D eigenvalue weighted by Crippen LogP contribution is 2.18. The van der Waals surface area contributed by atoms with E-state index in [0.717, 1.165) is 44.5 Å². The van der Waals surface area contributed by atoms with Crippen molar-refractivity contribution in [3.05, 3.63) is 35.4 Å². The summed E-state index contributed by atoms with van der Waals surface area (Å²) in [6.07, 6.45) is 3.06. The fraction of sp³-hybridized carbons (Fsp3) is 0.533. The molecule has 0 aliphatic carbocycles. The first-order chi connectivity index (χ1) is 9.59. The van der Waals surface area contributed by atoms with Crippen LogP contribution < -0.4 is 5.32 Å². The Hall–Kier alpha value is -1.49. The minimum Gasteiger partial charge on any atom is -0.342 e. The Kier molecular flexibility index (Phi) is 5.06. The third-order valence-electron chi connectivity index (χ3n) is 3.85. The largest absolute Gasteiger partial charge is 0.342 e. The highest BCUT2D eigenvalue weighted by atomic mass is 19.1. The molecule has 1 aliphatic heterocycles. The van der Waals surface area contributed by atoms with Crippen molar-refractivity contribution in [3.8, 4) is 0 Å². The number of benzene rings is 1. The molecule has 1 fully saturated rings. The standard InChI is InChI=1S/C15H20F2N2O/c1-19(10-7-11-5-8-18-9-6-11)15(20)14-12(16)3-2-4-13(14)17/h2-4,11,18H,5-10H2,1H3. The van der Waals surface area contributed by atoms with Crippen LogP contribution in [0.1, 0.15) is 29.6 Å². The maximum Gasteiger partial charge on any atom is 0.259 e. The summed E-state index contributed by atoms with van der Waals surface area (Å²) in [5.74, 6) is -1.61. The maximum atomic E-state index is 13.6. The lowest BCUT2D eigenvalue weighted by atomic mass is 9.94. The average Bonchev–Trinajstić information content (AvgIpc) is 2.45. The van der Waals surface area contributed by atoms with Gasteiger partial charge in [0.1, 0.15) is 17.2 Å². The van der Waals surface area contributed by atoms with Gasteiger partial charge < -0.3 is 10.2 Å². The summed E-state index contributed by atoms with van der Waals surface area (Å²) in [6.45, 7) is 2.53. The van der Waals surface area contributed by atoms with Gasteiger partial charge >= 0.3 is 0 Å². The Bertz CT molecular complexity index is 453. The minimum atomic E-state index is -0.802. The zero-order valence-corrected chi connectivity index (χ0v) is 11.7. The third kappa shape index (κ3) is 3.54. The molecule has 0 bridgehead atoms. The van der Waals surface area contributed by atoms with Gasteiger partial charge in [0.15, 0.2) is 0 Å². The van der Waals surface area contributed by atoms with Gasteiger partial charge in [-0.15, -0.1) is 0 Å². The summed E-state index contributed by atoms with van der Waals surface area (Å²) in [5, 5.41) is 3.29. The summed E-state index contributed by atoms with van der Waals surface area (Å²) in [5.41, 5.74) is -0.458. The molecule has 20 heavy (non-hydrogen) atoms. The predicted octanol–water partition coefficient (Wildman–Crippen LogP) is 2.43. The van der Waals surface area contributed by atoms with Crippen LogP contribution in [0.3, 0.4) is 0 Å². The van der Waals surface area contributed by atoms with Crippen molar-refractivity contribution in [2.24, 2.45) is 5.92 Å². The molecule has 1 aromatic rings. The van der Waals surface area contributed by atoms with Gasteiger partial charge in [-0.05, 0) is 50.4 Å². The molecule has 0 aromatic heterocycles. The molecule has 1 amide bonds. The molecule has 0 saturated carbocycles. The van der Waals surface area contributed by atoms with Crippen LogP contribution in [-0.2, 0) is 0 Å². The highest BCUT2D eigenvalue weighted by molar-refractivity contribution is 5.94. The van der Waals surface area contributed by atoms with E-state index >= 15 is 0 Å². The molecule has 1 aliphatic rings.